The van der Waals surface area contributed by atoms with Crippen molar-refractivity contribution in [2.75, 3.05) is 6.54 Å². The Bertz CT molecular complexity index is 843. The number of thiophene rings is 1. The number of hydrogen-bond donors (Lipinski definition) is 1. The number of benzene rings is 1. The first-order valence-corrected chi connectivity index (χ1v) is 9.53. The van der Waals surface area contributed by atoms with E-state index in [2.05, 4.69) is 14.9 Å². The number of nitrogens with one attached hydrogen (secondary N) is 1. The summed E-state index contributed by atoms with van der Waals surface area (Å²) in [5.41, 5.74) is 0.748. The predicted molar refractivity (Wildman–Crippen MR) is 88.4 cm³/mol. The van der Waals surface area contributed by atoms with Crippen LogP contribution in [0.4, 0.5) is 0 Å². The summed E-state index contributed by atoms with van der Waals surface area (Å²) in [6.07, 6.45) is 0.354. The van der Waals surface area contributed by atoms with Gasteiger partial charge >= 0.3 is 0 Å². The summed E-state index contributed by atoms with van der Waals surface area (Å²) in [6, 6.07) is 12.8. The molecule has 120 valence electrons. The largest absolute Gasteiger partial charge is 0.420 e. The Morgan fingerprint density at radius 1 is 1.09 bits per heavy atom. The highest BCUT2D eigenvalue weighted by Gasteiger charge is 2.13. The zero-order valence-electron chi connectivity index (χ0n) is 12.2. The molecule has 0 spiro atoms. The van der Waals surface area contributed by atoms with Gasteiger partial charge in [-0.05, 0) is 17.0 Å². The van der Waals surface area contributed by atoms with Crippen molar-refractivity contribution in [3.8, 4) is 10.8 Å². The van der Waals surface area contributed by atoms with Gasteiger partial charge < -0.3 is 4.42 Å². The van der Waals surface area contributed by atoms with Crippen molar-refractivity contribution in [2.24, 2.45) is 0 Å². The minimum absolute atomic E-state index is 0.0435. The van der Waals surface area contributed by atoms with Crippen LogP contribution in [0.3, 0.4) is 0 Å². The van der Waals surface area contributed by atoms with E-state index in [-0.39, 0.29) is 12.3 Å². The number of aromatic nitrogens is 2. The van der Waals surface area contributed by atoms with Crippen molar-refractivity contribution >= 4 is 21.4 Å². The normalized spacial score (nSPS) is 11.7. The van der Waals surface area contributed by atoms with Gasteiger partial charge in [-0.25, -0.2) is 13.1 Å². The molecule has 8 heteroatoms. The molecule has 0 saturated carbocycles. The van der Waals surface area contributed by atoms with Gasteiger partial charge in [0.25, 0.3) is 5.89 Å². The van der Waals surface area contributed by atoms with Crippen molar-refractivity contribution in [1.29, 1.82) is 0 Å². The standard InChI is InChI=1S/C15H15N3O3S2/c19-23(20,11-12-5-2-1-3-6-12)16-9-8-14-17-18-15(21-14)13-7-4-10-22-13/h1-7,10,16H,8-9,11H2. The van der Waals surface area contributed by atoms with E-state index in [4.69, 9.17) is 4.42 Å². The van der Waals surface area contributed by atoms with Crippen molar-refractivity contribution in [1.82, 2.24) is 14.9 Å². The zero-order valence-corrected chi connectivity index (χ0v) is 13.8. The van der Waals surface area contributed by atoms with E-state index in [0.717, 1.165) is 10.4 Å². The molecule has 0 aliphatic rings. The second-order valence-electron chi connectivity index (χ2n) is 4.87. The van der Waals surface area contributed by atoms with Gasteiger partial charge in [-0.1, -0.05) is 36.4 Å². The monoisotopic (exact) mass is 349 g/mol. The molecule has 0 aliphatic carbocycles. The van der Waals surface area contributed by atoms with Crippen LogP contribution in [-0.4, -0.2) is 25.2 Å². The molecule has 2 heterocycles. The van der Waals surface area contributed by atoms with Gasteiger partial charge in [-0.3, -0.25) is 0 Å². The van der Waals surface area contributed by atoms with Crippen molar-refractivity contribution < 1.29 is 12.8 Å². The van der Waals surface area contributed by atoms with E-state index in [1.807, 2.05) is 35.7 Å². The highest BCUT2D eigenvalue weighted by atomic mass is 32.2. The van der Waals surface area contributed by atoms with E-state index in [1.54, 1.807) is 12.1 Å². The third-order valence-electron chi connectivity index (χ3n) is 3.06. The quantitative estimate of drug-likeness (QED) is 0.708. The molecule has 6 nitrogen and oxygen atoms in total. The molecule has 0 fully saturated rings. The molecule has 1 aromatic carbocycles. The van der Waals surface area contributed by atoms with E-state index < -0.39 is 10.0 Å². The van der Waals surface area contributed by atoms with Crippen molar-refractivity contribution in [3.63, 3.8) is 0 Å². The summed E-state index contributed by atoms with van der Waals surface area (Å²) in [7, 11) is -3.38. The van der Waals surface area contributed by atoms with Crippen LogP contribution in [0.1, 0.15) is 11.5 Å². The molecule has 0 bridgehead atoms. The molecule has 0 atom stereocenters. The summed E-state index contributed by atoms with van der Waals surface area (Å²) in [6.45, 7) is 0.223. The smallest absolute Gasteiger partial charge is 0.257 e. The minimum Gasteiger partial charge on any atom is -0.420 e. The molecule has 0 amide bonds. The van der Waals surface area contributed by atoms with Crippen LogP contribution in [0.2, 0.25) is 0 Å². The Balaban J connectivity index is 1.53. The lowest BCUT2D eigenvalue weighted by atomic mass is 10.2. The number of nitrogens with zero attached hydrogens (tertiary/aromatic N) is 2. The van der Waals surface area contributed by atoms with Crippen LogP contribution < -0.4 is 4.72 Å². The zero-order chi connectivity index (χ0) is 16.1. The molecule has 0 radical (unpaired) electrons. The van der Waals surface area contributed by atoms with Gasteiger partial charge in [0.1, 0.15) is 0 Å². The predicted octanol–water partition coefficient (Wildman–Crippen LogP) is 2.46. The Morgan fingerprint density at radius 3 is 2.65 bits per heavy atom. The maximum Gasteiger partial charge on any atom is 0.257 e. The lowest BCUT2D eigenvalue weighted by Gasteiger charge is -2.05. The van der Waals surface area contributed by atoms with E-state index in [9.17, 15) is 8.42 Å². The molecule has 1 N–H and O–H groups in total. The molecular weight excluding hydrogens is 334 g/mol. The number of sulfonamides is 1. The lowest BCUT2D eigenvalue weighted by Crippen LogP contribution is -2.27. The van der Waals surface area contributed by atoms with E-state index >= 15 is 0 Å². The topological polar surface area (TPSA) is 85.1 Å². The number of rotatable bonds is 7. The summed E-state index contributed by atoms with van der Waals surface area (Å²) in [4.78, 5) is 0.897. The maximum atomic E-state index is 12.0. The summed E-state index contributed by atoms with van der Waals surface area (Å²) < 4.78 is 32.1. The first-order valence-electron chi connectivity index (χ1n) is 7.00. The molecule has 0 saturated heterocycles. The molecular formula is C15H15N3O3S2. The molecule has 3 aromatic rings. The fourth-order valence-electron chi connectivity index (χ4n) is 2.01. The van der Waals surface area contributed by atoms with Crippen LogP contribution in [0.25, 0.3) is 10.8 Å². The van der Waals surface area contributed by atoms with Gasteiger partial charge in [0.05, 0.1) is 10.6 Å². The van der Waals surface area contributed by atoms with Crippen LogP contribution in [0.5, 0.6) is 0 Å². The van der Waals surface area contributed by atoms with Crippen LogP contribution in [0.15, 0.2) is 52.3 Å². The summed E-state index contributed by atoms with van der Waals surface area (Å²) in [5.74, 6) is 0.830. The highest BCUT2D eigenvalue weighted by Crippen LogP contribution is 2.22. The van der Waals surface area contributed by atoms with Gasteiger partial charge in [0.15, 0.2) is 0 Å². The first-order chi connectivity index (χ1) is 11.1. The highest BCUT2D eigenvalue weighted by molar-refractivity contribution is 7.88. The Morgan fingerprint density at radius 2 is 1.91 bits per heavy atom. The third kappa shape index (κ3) is 4.47. The van der Waals surface area contributed by atoms with E-state index in [0.29, 0.717) is 18.2 Å². The van der Waals surface area contributed by atoms with Gasteiger partial charge in [-0.15, -0.1) is 21.5 Å². The van der Waals surface area contributed by atoms with Gasteiger partial charge in [0.2, 0.25) is 15.9 Å². The second-order valence-corrected chi connectivity index (χ2v) is 7.62. The molecule has 3 rings (SSSR count). The maximum absolute atomic E-state index is 12.0. The molecule has 23 heavy (non-hydrogen) atoms. The van der Waals surface area contributed by atoms with Crippen LogP contribution in [0, 0.1) is 0 Å². The Kier molecular flexibility index (Phi) is 4.85. The molecule has 0 aliphatic heterocycles. The lowest BCUT2D eigenvalue weighted by molar-refractivity contribution is 0.503. The average molecular weight is 349 g/mol. The van der Waals surface area contributed by atoms with E-state index in [1.165, 1.54) is 11.3 Å². The fraction of sp³-hybridized carbons (Fsp3) is 0.200. The minimum atomic E-state index is -3.38. The Hall–Kier alpha value is -2.03. The molecule has 0 unspecified atom stereocenters. The van der Waals surface area contributed by atoms with Crippen LogP contribution >= 0.6 is 11.3 Å². The fourth-order valence-corrected chi connectivity index (χ4v) is 3.80. The summed E-state index contributed by atoms with van der Waals surface area (Å²) >= 11 is 1.51. The van der Waals surface area contributed by atoms with Gasteiger partial charge in [-0.2, -0.15) is 0 Å². The summed E-state index contributed by atoms with van der Waals surface area (Å²) in [5, 5.41) is 9.82. The average Bonchev–Trinajstić information content (AvgIpc) is 3.18. The van der Waals surface area contributed by atoms with Crippen LogP contribution in [-0.2, 0) is 22.2 Å². The van der Waals surface area contributed by atoms with Crippen molar-refractivity contribution in [2.45, 2.75) is 12.2 Å². The van der Waals surface area contributed by atoms with Gasteiger partial charge in [0, 0.05) is 13.0 Å². The molecule has 2 aromatic heterocycles. The van der Waals surface area contributed by atoms with Crippen molar-refractivity contribution in [3.05, 3.63) is 59.3 Å². The SMILES string of the molecule is O=S(=O)(Cc1ccccc1)NCCc1nnc(-c2cccs2)o1. The first kappa shape index (κ1) is 15.9. The number of hydrogen-bond acceptors (Lipinski definition) is 6. The Labute approximate surface area is 138 Å². The third-order valence-corrected chi connectivity index (χ3v) is 5.27. The second kappa shape index (κ2) is 7.03.